The van der Waals surface area contributed by atoms with Gasteiger partial charge in [0.05, 0.1) is 24.0 Å². The minimum atomic E-state index is -4.70. The molecule has 0 fully saturated rings. The lowest BCUT2D eigenvalue weighted by Crippen LogP contribution is -2.23. The maximum absolute atomic E-state index is 13.1. The second kappa shape index (κ2) is 8.65. The summed E-state index contributed by atoms with van der Waals surface area (Å²) < 4.78 is 71.2. The van der Waals surface area contributed by atoms with Crippen molar-refractivity contribution in [3.8, 4) is 16.9 Å². The first kappa shape index (κ1) is 24.1. The summed E-state index contributed by atoms with van der Waals surface area (Å²) in [6.45, 7) is 1.39. The SMILES string of the molecule is CCS(=O)(=O)c1cc(-c2ccccc2C(=O)OC)cnc1-n1nc2ccc(C(F)(F)F)cn2c1=O. The molecule has 0 N–H and O–H groups in total. The molecule has 35 heavy (non-hydrogen) atoms. The minimum absolute atomic E-state index is 0.134. The quantitative estimate of drug-likeness (QED) is 0.382. The Kier molecular flexibility index (Phi) is 5.97. The second-order valence-corrected chi connectivity index (χ2v) is 9.57. The van der Waals surface area contributed by atoms with Gasteiger partial charge in [-0.1, -0.05) is 25.1 Å². The third kappa shape index (κ3) is 4.30. The van der Waals surface area contributed by atoms with Gasteiger partial charge in [0.15, 0.2) is 21.3 Å². The van der Waals surface area contributed by atoms with Crippen LogP contribution in [0.5, 0.6) is 0 Å². The fraction of sp³-hybridized carbons (Fsp3) is 0.182. The first-order chi connectivity index (χ1) is 16.5. The van der Waals surface area contributed by atoms with E-state index < -0.39 is 33.2 Å². The van der Waals surface area contributed by atoms with Crippen molar-refractivity contribution in [1.29, 1.82) is 0 Å². The number of halogens is 3. The zero-order valence-corrected chi connectivity index (χ0v) is 19.1. The number of carbonyl (C=O) groups excluding carboxylic acids is 1. The lowest BCUT2D eigenvalue weighted by Gasteiger charge is -2.12. The fourth-order valence-electron chi connectivity index (χ4n) is 3.43. The van der Waals surface area contributed by atoms with Gasteiger partial charge in [0, 0.05) is 18.0 Å². The Morgan fingerprint density at radius 2 is 1.86 bits per heavy atom. The maximum Gasteiger partial charge on any atom is 0.417 e. The highest BCUT2D eigenvalue weighted by Crippen LogP contribution is 2.30. The molecule has 4 aromatic rings. The monoisotopic (exact) mass is 506 g/mol. The number of methoxy groups -OCH3 is 1. The molecule has 0 aliphatic heterocycles. The van der Waals surface area contributed by atoms with Crippen LogP contribution in [0.4, 0.5) is 13.2 Å². The van der Waals surface area contributed by atoms with Gasteiger partial charge in [-0.2, -0.15) is 17.9 Å². The summed E-state index contributed by atoms with van der Waals surface area (Å²) in [6.07, 6.45) is -2.88. The number of pyridine rings is 2. The first-order valence-corrected chi connectivity index (χ1v) is 11.7. The molecule has 0 aliphatic carbocycles. The molecule has 0 saturated heterocycles. The summed E-state index contributed by atoms with van der Waals surface area (Å²) in [5, 5.41) is 3.97. The number of carbonyl (C=O) groups is 1. The highest BCUT2D eigenvalue weighted by molar-refractivity contribution is 7.91. The van der Waals surface area contributed by atoms with Crippen molar-refractivity contribution in [3.05, 3.63) is 76.5 Å². The average Bonchev–Trinajstić information content (AvgIpc) is 3.18. The van der Waals surface area contributed by atoms with Gasteiger partial charge in [-0.15, -0.1) is 5.10 Å². The van der Waals surface area contributed by atoms with Gasteiger partial charge in [0.2, 0.25) is 0 Å². The summed E-state index contributed by atoms with van der Waals surface area (Å²) in [4.78, 5) is 28.8. The van der Waals surface area contributed by atoms with E-state index in [1.807, 2.05) is 0 Å². The van der Waals surface area contributed by atoms with Crippen molar-refractivity contribution in [2.45, 2.75) is 18.0 Å². The van der Waals surface area contributed by atoms with Crippen molar-refractivity contribution in [2.24, 2.45) is 0 Å². The van der Waals surface area contributed by atoms with Crippen molar-refractivity contribution in [3.63, 3.8) is 0 Å². The third-order valence-electron chi connectivity index (χ3n) is 5.24. The number of sulfone groups is 1. The molecule has 13 heteroatoms. The zero-order chi connectivity index (χ0) is 25.5. The van der Waals surface area contributed by atoms with E-state index >= 15 is 0 Å². The molecule has 0 atom stereocenters. The number of fused-ring (bicyclic) bond motifs is 1. The zero-order valence-electron chi connectivity index (χ0n) is 18.3. The lowest BCUT2D eigenvalue weighted by molar-refractivity contribution is -0.137. The molecule has 182 valence electrons. The van der Waals surface area contributed by atoms with Gasteiger partial charge < -0.3 is 4.74 Å². The van der Waals surface area contributed by atoms with E-state index in [1.165, 1.54) is 32.4 Å². The molecule has 0 amide bonds. The predicted octanol–water partition coefficient (Wildman–Crippen LogP) is 3.15. The van der Waals surface area contributed by atoms with Crippen molar-refractivity contribution in [1.82, 2.24) is 19.2 Å². The number of nitrogens with zero attached hydrogens (tertiary/aromatic N) is 4. The van der Waals surface area contributed by atoms with Crippen LogP contribution in [0.3, 0.4) is 0 Å². The van der Waals surface area contributed by atoms with Crippen LogP contribution in [-0.4, -0.2) is 46.4 Å². The van der Waals surface area contributed by atoms with Gasteiger partial charge in [-0.3, -0.25) is 0 Å². The summed E-state index contributed by atoms with van der Waals surface area (Å²) in [6, 6.07) is 9.29. The summed E-state index contributed by atoms with van der Waals surface area (Å²) in [5.41, 5.74) is -1.50. The van der Waals surface area contributed by atoms with Crippen molar-refractivity contribution >= 4 is 21.5 Å². The number of benzene rings is 1. The topological polar surface area (TPSA) is 113 Å². The van der Waals surface area contributed by atoms with Gasteiger partial charge in [-0.25, -0.2) is 27.4 Å². The van der Waals surface area contributed by atoms with Crippen molar-refractivity contribution in [2.75, 3.05) is 12.9 Å². The molecule has 0 aliphatic rings. The number of aromatic nitrogens is 4. The molecular formula is C22H17F3N4O5S. The number of ether oxygens (including phenoxy) is 1. The Morgan fingerprint density at radius 3 is 2.51 bits per heavy atom. The molecule has 1 aromatic carbocycles. The Morgan fingerprint density at radius 1 is 1.14 bits per heavy atom. The van der Waals surface area contributed by atoms with Crippen LogP contribution < -0.4 is 5.69 Å². The highest BCUT2D eigenvalue weighted by atomic mass is 32.2. The molecule has 4 rings (SSSR count). The number of alkyl halides is 3. The maximum atomic E-state index is 13.1. The normalized spacial score (nSPS) is 12.1. The molecule has 0 bridgehead atoms. The lowest BCUT2D eigenvalue weighted by atomic mass is 10.0. The minimum Gasteiger partial charge on any atom is -0.465 e. The Bertz CT molecular complexity index is 1620. The fourth-order valence-corrected chi connectivity index (χ4v) is 4.47. The molecule has 0 radical (unpaired) electrons. The van der Waals surface area contributed by atoms with Crippen LogP contribution in [0.1, 0.15) is 22.8 Å². The molecule has 0 spiro atoms. The van der Waals surface area contributed by atoms with Crippen molar-refractivity contribution < 1.29 is 31.1 Å². The van der Waals surface area contributed by atoms with Crippen LogP contribution in [0.15, 0.2) is 64.5 Å². The van der Waals surface area contributed by atoms with Crippen LogP contribution in [0.2, 0.25) is 0 Å². The van der Waals surface area contributed by atoms with E-state index in [2.05, 4.69) is 10.1 Å². The van der Waals surface area contributed by atoms with Crippen LogP contribution >= 0.6 is 0 Å². The molecule has 9 nitrogen and oxygen atoms in total. The van der Waals surface area contributed by atoms with E-state index in [1.54, 1.807) is 18.2 Å². The molecule has 3 heterocycles. The summed E-state index contributed by atoms with van der Waals surface area (Å²) >= 11 is 0. The van der Waals surface area contributed by atoms with E-state index in [4.69, 9.17) is 4.74 Å². The average molecular weight is 506 g/mol. The standard InChI is InChI=1S/C22H17F3N4O5S/c1-3-35(32,33)17-10-13(15-6-4-5-7-16(15)20(30)34-2)11-26-19(17)29-21(31)28-12-14(22(23,24)25)8-9-18(28)27-29/h4-12H,3H2,1-2H3. The number of hydrogen-bond acceptors (Lipinski definition) is 7. The van der Waals surface area contributed by atoms with Gasteiger partial charge in [0.1, 0.15) is 4.90 Å². The Balaban J connectivity index is 1.97. The van der Waals surface area contributed by atoms with E-state index in [0.29, 0.717) is 20.8 Å². The van der Waals surface area contributed by atoms with Crippen LogP contribution in [0.25, 0.3) is 22.6 Å². The second-order valence-electron chi connectivity index (χ2n) is 7.32. The summed E-state index contributed by atoms with van der Waals surface area (Å²) in [7, 11) is -2.80. The van der Waals surface area contributed by atoms with E-state index in [0.717, 1.165) is 12.1 Å². The number of hydrogen-bond donors (Lipinski definition) is 0. The molecular weight excluding hydrogens is 489 g/mol. The van der Waals surface area contributed by atoms with Crippen LogP contribution in [0, 0.1) is 0 Å². The van der Waals surface area contributed by atoms with Gasteiger partial charge in [0.25, 0.3) is 0 Å². The molecule has 3 aromatic heterocycles. The predicted molar refractivity (Wildman–Crippen MR) is 118 cm³/mol. The van der Waals surface area contributed by atoms with E-state index in [-0.39, 0.29) is 33.2 Å². The van der Waals surface area contributed by atoms with Crippen LogP contribution in [-0.2, 0) is 20.8 Å². The highest BCUT2D eigenvalue weighted by Gasteiger charge is 2.32. The summed E-state index contributed by atoms with van der Waals surface area (Å²) in [5.74, 6) is -1.39. The Labute approximate surface area is 196 Å². The molecule has 0 unspecified atom stereocenters. The van der Waals surface area contributed by atoms with Gasteiger partial charge in [-0.05, 0) is 29.8 Å². The largest absolute Gasteiger partial charge is 0.465 e. The Hall–Kier alpha value is -4.00. The first-order valence-electron chi connectivity index (χ1n) is 10.1. The number of rotatable bonds is 5. The smallest absolute Gasteiger partial charge is 0.417 e. The molecule has 0 saturated carbocycles. The number of esters is 1. The third-order valence-corrected chi connectivity index (χ3v) is 6.97. The van der Waals surface area contributed by atoms with Gasteiger partial charge >= 0.3 is 17.8 Å². The van der Waals surface area contributed by atoms with E-state index in [9.17, 15) is 31.2 Å².